The molecule has 0 unspecified atom stereocenters. The summed E-state index contributed by atoms with van der Waals surface area (Å²) < 4.78 is 5.87. The van der Waals surface area contributed by atoms with Crippen molar-refractivity contribution < 1.29 is 14.3 Å². The van der Waals surface area contributed by atoms with Crippen LogP contribution in [0.25, 0.3) is 0 Å². The summed E-state index contributed by atoms with van der Waals surface area (Å²) in [5, 5.41) is 3.81. The van der Waals surface area contributed by atoms with E-state index in [0.717, 1.165) is 0 Å². The zero-order chi connectivity index (χ0) is 9.84. The van der Waals surface area contributed by atoms with E-state index >= 15 is 0 Å². The molecule has 0 radical (unpaired) electrons. The minimum atomic E-state index is -0.533. The summed E-state index contributed by atoms with van der Waals surface area (Å²) in [4.78, 5) is 22.0. The van der Waals surface area contributed by atoms with Crippen LogP contribution in [-0.4, -0.2) is 28.6 Å². The summed E-state index contributed by atoms with van der Waals surface area (Å²) in [6, 6.07) is 0. The molecule has 0 aliphatic carbocycles. The van der Waals surface area contributed by atoms with Crippen LogP contribution in [-0.2, 0) is 16.6 Å². The van der Waals surface area contributed by atoms with E-state index in [2.05, 4.69) is 9.84 Å². The van der Waals surface area contributed by atoms with Gasteiger partial charge in [-0.1, -0.05) is 0 Å². The van der Waals surface area contributed by atoms with Gasteiger partial charge in [0.1, 0.15) is 6.42 Å². The van der Waals surface area contributed by atoms with Gasteiger partial charge in [-0.15, -0.1) is 0 Å². The number of esters is 1. The molecule has 0 saturated heterocycles. The van der Waals surface area contributed by atoms with Crippen molar-refractivity contribution in [2.24, 2.45) is 7.05 Å². The molecule has 0 aromatic carbocycles. The predicted octanol–water partition coefficient (Wildman–Crippen LogP) is 0.166. The number of carbonyl (C=O) groups is 2. The Kier molecular flexibility index (Phi) is 2.79. The third kappa shape index (κ3) is 2.40. The SMILES string of the molecule is COC(=O)CC(=O)c1cnn(C)c1. The molecule has 0 aliphatic rings. The van der Waals surface area contributed by atoms with Crippen LogP contribution < -0.4 is 0 Å². The van der Waals surface area contributed by atoms with Gasteiger partial charge in [-0.25, -0.2) is 0 Å². The Morgan fingerprint density at radius 2 is 2.31 bits per heavy atom. The van der Waals surface area contributed by atoms with Crippen LogP contribution in [0.2, 0.25) is 0 Å². The van der Waals surface area contributed by atoms with Gasteiger partial charge in [0.05, 0.1) is 18.9 Å². The number of hydrogen-bond acceptors (Lipinski definition) is 4. The third-order valence-corrected chi connectivity index (χ3v) is 1.56. The lowest BCUT2D eigenvalue weighted by Gasteiger charge is -1.95. The fourth-order valence-corrected chi connectivity index (χ4v) is 0.871. The van der Waals surface area contributed by atoms with Crippen molar-refractivity contribution in [3.8, 4) is 0 Å². The van der Waals surface area contributed by atoms with Gasteiger partial charge in [0.15, 0.2) is 5.78 Å². The Hall–Kier alpha value is -1.65. The molecule has 0 bridgehead atoms. The number of nitrogens with zero attached hydrogens (tertiary/aromatic N) is 2. The van der Waals surface area contributed by atoms with E-state index in [9.17, 15) is 9.59 Å². The minimum absolute atomic E-state index is 0.234. The lowest BCUT2D eigenvalue weighted by molar-refractivity contribution is -0.139. The van der Waals surface area contributed by atoms with Gasteiger partial charge in [0.2, 0.25) is 0 Å². The van der Waals surface area contributed by atoms with Gasteiger partial charge in [-0.3, -0.25) is 14.3 Å². The molecule has 0 saturated carbocycles. The number of methoxy groups -OCH3 is 1. The molecule has 0 fully saturated rings. The summed E-state index contributed by atoms with van der Waals surface area (Å²) in [6.45, 7) is 0. The highest BCUT2D eigenvalue weighted by Gasteiger charge is 2.12. The second-order valence-electron chi connectivity index (χ2n) is 2.58. The first-order chi connectivity index (χ1) is 6.13. The Morgan fingerprint density at radius 1 is 1.62 bits per heavy atom. The van der Waals surface area contributed by atoms with Gasteiger partial charge in [-0.2, -0.15) is 5.10 Å². The predicted molar refractivity (Wildman–Crippen MR) is 44.2 cm³/mol. The molecule has 5 nitrogen and oxygen atoms in total. The van der Waals surface area contributed by atoms with E-state index in [-0.39, 0.29) is 12.2 Å². The van der Waals surface area contributed by atoms with Crippen molar-refractivity contribution in [3.05, 3.63) is 18.0 Å². The van der Waals surface area contributed by atoms with Crippen molar-refractivity contribution in [2.45, 2.75) is 6.42 Å². The molecule has 0 atom stereocenters. The number of Topliss-reactive ketones (excluding diaryl/α,β-unsaturated/α-hetero) is 1. The van der Waals surface area contributed by atoms with Crippen molar-refractivity contribution in [3.63, 3.8) is 0 Å². The Morgan fingerprint density at radius 3 is 2.77 bits per heavy atom. The fraction of sp³-hybridized carbons (Fsp3) is 0.375. The van der Waals surface area contributed by atoms with E-state index in [0.29, 0.717) is 5.56 Å². The van der Waals surface area contributed by atoms with Crippen LogP contribution >= 0.6 is 0 Å². The standard InChI is InChI=1S/C8H10N2O3/c1-10-5-6(4-9-10)7(11)3-8(12)13-2/h4-5H,3H2,1-2H3. The molecule has 70 valence electrons. The zero-order valence-corrected chi connectivity index (χ0v) is 7.48. The maximum atomic E-state index is 11.3. The number of ketones is 1. The molecule has 1 aromatic heterocycles. The second kappa shape index (κ2) is 3.84. The van der Waals surface area contributed by atoms with E-state index in [4.69, 9.17) is 0 Å². The van der Waals surface area contributed by atoms with Crippen molar-refractivity contribution >= 4 is 11.8 Å². The lowest BCUT2D eigenvalue weighted by atomic mass is 10.2. The summed E-state index contributed by atoms with van der Waals surface area (Å²) in [5.41, 5.74) is 0.424. The van der Waals surface area contributed by atoms with Crippen LogP contribution in [0.1, 0.15) is 16.8 Å². The first-order valence-electron chi connectivity index (χ1n) is 3.72. The lowest BCUT2D eigenvalue weighted by Crippen LogP contribution is -2.08. The molecule has 0 amide bonds. The largest absolute Gasteiger partial charge is 0.469 e. The zero-order valence-electron chi connectivity index (χ0n) is 7.48. The fourth-order valence-electron chi connectivity index (χ4n) is 0.871. The number of ether oxygens (including phenoxy) is 1. The maximum absolute atomic E-state index is 11.3. The number of hydrogen-bond donors (Lipinski definition) is 0. The van der Waals surface area contributed by atoms with E-state index in [1.165, 1.54) is 18.0 Å². The molecule has 0 N–H and O–H groups in total. The Labute approximate surface area is 75.3 Å². The monoisotopic (exact) mass is 182 g/mol. The quantitative estimate of drug-likeness (QED) is 0.379. The van der Waals surface area contributed by atoms with Gasteiger partial charge in [0.25, 0.3) is 0 Å². The van der Waals surface area contributed by atoms with Gasteiger partial charge >= 0.3 is 5.97 Å². The number of aryl methyl sites for hydroxylation is 1. The summed E-state index contributed by atoms with van der Waals surface area (Å²) >= 11 is 0. The summed E-state index contributed by atoms with van der Waals surface area (Å²) in [7, 11) is 2.95. The van der Waals surface area contributed by atoms with E-state index in [1.54, 1.807) is 13.2 Å². The van der Waals surface area contributed by atoms with E-state index < -0.39 is 5.97 Å². The molecule has 1 aromatic rings. The molecule has 1 rings (SSSR count). The normalized spacial score (nSPS) is 9.69. The van der Waals surface area contributed by atoms with Gasteiger partial charge < -0.3 is 4.74 Å². The number of carbonyl (C=O) groups excluding carboxylic acids is 2. The number of aromatic nitrogens is 2. The average molecular weight is 182 g/mol. The molecular weight excluding hydrogens is 172 g/mol. The van der Waals surface area contributed by atoms with Gasteiger partial charge in [0, 0.05) is 13.2 Å². The molecule has 5 heteroatoms. The Balaban J connectivity index is 2.64. The molecular formula is C8H10N2O3. The van der Waals surface area contributed by atoms with Crippen LogP contribution in [0.15, 0.2) is 12.4 Å². The molecule has 13 heavy (non-hydrogen) atoms. The van der Waals surface area contributed by atoms with Crippen LogP contribution in [0.4, 0.5) is 0 Å². The first-order valence-corrected chi connectivity index (χ1v) is 3.72. The third-order valence-electron chi connectivity index (χ3n) is 1.56. The average Bonchev–Trinajstić information content (AvgIpc) is 2.51. The van der Waals surface area contributed by atoms with E-state index in [1.807, 2.05) is 0 Å². The van der Waals surface area contributed by atoms with Crippen molar-refractivity contribution in [2.75, 3.05) is 7.11 Å². The maximum Gasteiger partial charge on any atom is 0.313 e. The smallest absolute Gasteiger partial charge is 0.313 e. The summed E-state index contributed by atoms with van der Waals surface area (Å²) in [6.07, 6.45) is 2.75. The molecule has 0 spiro atoms. The van der Waals surface area contributed by atoms with Crippen LogP contribution in [0.3, 0.4) is 0 Å². The Bertz CT molecular complexity index is 330. The van der Waals surface area contributed by atoms with Crippen LogP contribution in [0.5, 0.6) is 0 Å². The minimum Gasteiger partial charge on any atom is -0.469 e. The highest BCUT2D eigenvalue weighted by Crippen LogP contribution is 2.01. The van der Waals surface area contributed by atoms with Crippen molar-refractivity contribution in [1.82, 2.24) is 9.78 Å². The van der Waals surface area contributed by atoms with Crippen molar-refractivity contribution in [1.29, 1.82) is 0 Å². The highest BCUT2D eigenvalue weighted by molar-refractivity contribution is 6.05. The number of rotatable bonds is 3. The topological polar surface area (TPSA) is 61.2 Å². The van der Waals surface area contributed by atoms with Crippen LogP contribution in [0, 0.1) is 0 Å². The summed E-state index contributed by atoms with van der Waals surface area (Å²) in [5.74, 6) is -0.811. The first kappa shape index (κ1) is 9.44. The molecule has 1 heterocycles. The molecule has 0 aliphatic heterocycles. The second-order valence-corrected chi connectivity index (χ2v) is 2.58. The highest BCUT2D eigenvalue weighted by atomic mass is 16.5. The van der Waals surface area contributed by atoms with Gasteiger partial charge in [-0.05, 0) is 0 Å².